The fourth-order valence-electron chi connectivity index (χ4n) is 3.06. The third kappa shape index (κ3) is 3.72. The average molecular weight is 374 g/mol. The van der Waals surface area contributed by atoms with Crippen molar-refractivity contribution in [2.24, 2.45) is 5.92 Å². The van der Waals surface area contributed by atoms with E-state index < -0.39 is 4.92 Å². The quantitative estimate of drug-likeness (QED) is 0.654. The number of carbonyl (C=O) groups excluding carboxylic acids is 2. The SMILES string of the molecule is Cc1c(C(=O)N2CCC(C(=O)Nc3nccs3)CC2)cccc1[N+](=O)[O-]. The number of amides is 2. The summed E-state index contributed by atoms with van der Waals surface area (Å²) in [7, 11) is 0. The van der Waals surface area contributed by atoms with E-state index >= 15 is 0 Å². The van der Waals surface area contributed by atoms with Gasteiger partial charge < -0.3 is 10.2 Å². The molecule has 2 heterocycles. The first-order valence-corrected chi connectivity index (χ1v) is 9.09. The molecule has 0 radical (unpaired) electrons. The summed E-state index contributed by atoms with van der Waals surface area (Å²) in [5.74, 6) is -0.488. The van der Waals surface area contributed by atoms with Gasteiger partial charge in [0.1, 0.15) is 0 Å². The zero-order valence-electron chi connectivity index (χ0n) is 14.2. The number of nitro groups is 1. The third-order valence-corrected chi connectivity index (χ3v) is 5.24. The van der Waals surface area contributed by atoms with E-state index in [0.29, 0.717) is 42.2 Å². The van der Waals surface area contributed by atoms with Crippen molar-refractivity contribution in [3.05, 3.63) is 51.0 Å². The summed E-state index contributed by atoms with van der Waals surface area (Å²) in [6.45, 7) is 2.47. The topological polar surface area (TPSA) is 105 Å². The fraction of sp³-hybridized carbons (Fsp3) is 0.353. The van der Waals surface area contributed by atoms with E-state index in [1.165, 1.54) is 23.5 Å². The van der Waals surface area contributed by atoms with Crippen molar-refractivity contribution in [2.75, 3.05) is 18.4 Å². The van der Waals surface area contributed by atoms with Crippen LogP contribution in [0.1, 0.15) is 28.8 Å². The Kier molecular flexibility index (Phi) is 5.27. The minimum absolute atomic E-state index is 0.0615. The van der Waals surface area contributed by atoms with Gasteiger partial charge in [-0.15, -0.1) is 11.3 Å². The van der Waals surface area contributed by atoms with Gasteiger partial charge in [0.15, 0.2) is 5.13 Å². The Balaban J connectivity index is 1.63. The molecule has 3 rings (SSSR count). The summed E-state index contributed by atoms with van der Waals surface area (Å²) in [5, 5.41) is 16.2. The van der Waals surface area contributed by atoms with Crippen LogP contribution in [-0.4, -0.2) is 39.7 Å². The second-order valence-electron chi connectivity index (χ2n) is 6.10. The number of piperidine rings is 1. The Bertz CT molecular complexity index is 829. The van der Waals surface area contributed by atoms with Crippen molar-refractivity contribution in [2.45, 2.75) is 19.8 Å². The number of aromatic nitrogens is 1. The van der Waals surface area contributed by atoms with Crippen LogP contribution in [0, 0.1) is 23.0 Å². The lowest BCUT2D eigenvalue weighted by Crippen LogP contribution is -2.41. The van der Waals surface area contributed by atoms with Crippen molar-refractivity contribution >= 4 is 34.0 Å². The molecule has 26 heavy (non-hydrogen) atoms. The molecular weight excluding hydrogens is 356 g/mol. The van der Waals surface area contributed by atoms with E-state index in [4.69, 9.17) is 0 Å². The number of likely N-dealkylation sites (tertiary alicyclic amines) is 1. The number of hydrogen-bond acceptors (Lipinski definition) is 6. The molecule has 9 heteroatoms. The molecule has 2 aromatic rings. The number of nitro benzene ring substituents is 1. The molecule has 0 saturated carbocycles. The maximum Gasteiger partial charge on any atom is 0.273 e. The Hall–Kier alpha value is -2.81. The van der Waals surface area contributed by atoms with Gasteiger partial charge in [-0.3, -0.25) is 19.7 Å². The number of carbonyl (C=O) groups is 2. The second kappa shape index (κ2) is 7.61. The van der Waals surface area contributed by atoms with Crippen molar-refractivity contribution in [1.29, 1.82) is 0 Å². The standard InChI is InChI=1S/C17H18N4O4S/c1-11-13(3-2-4-14(11)21(24)25)16(23)20-8-5-12(6-9-20)15(22)19-17-18-7-10-26-17/h2-4,7,10,12H,5-6,8-9H2,1H3,(H,18,19,22). The Morgan fingerprint density at radius 1 is 1.35 bits per heavy atom. The monoisotopic (exact) mass is 374 g/mol. The maximum absolute atomic E-state index is 12.7. The van der Waals surface area contributed by atoms with Crippen LogP contribution in [0.3, 0.4) is 0 Å². The number of rotatable bonds is 4. The lowest BCUT2D eigenvalue weighted by atomic mass is 9.95. The summed E-state index contributed by atoms with van der Waals surface area (Å²) in [4.78, 5) is 41.2. The Morgan fingerprint density at radius 3 is 2.69 bits per heavy atom. The van der Waals surface area contributed by atoms with Crippen LogP contribution in [0.5, 0.6) is 0 Å². The molecule has 1 aliphatic heterocycles. The molecule has 1 aliphatic rings. The molecule has 1 N–H and O–H groups in total. The molecule has 0 unspecified atom stereocenters. The number of benzene rings is 1. The highest BCUT2D eigenvalue weighted by molar-refractivity contribution is 7.13. The van der Waals surface area contributed by atoms with Gasteiger partial charge in [0, 0.05) is 47.8 Å². The average Bonchev–Trinajstić information content (AvgIpc) is 3.14. The molecule has 0 aliphatic carbocycles. The van der Waals surface area contributed by atoms with E-state index in [-0.39, 0.29) is 23.4 Å². The van der Waals surface area contributed by atoms with Crippen LogP contribution in [-0.2, 0) is 4.79 Å². The number of hydrogen-bond donors (Lipinski definition) is 1. The predicted octanol–water partition coefficient (Wildman–Crippen LogP) is 2.85. The summed E-state index contributed by atoms with van der Waals surface area (Å²) in [6.07, 6.45) is 2.73. The first kappa shape index (κ1) is 18.0. The van der Waals surface area contributed by atoms with Gasteiger partial charge in [-0.2, -0.15) is 0 Å². The first-order chi connectivity index (χ1) is 12.5. The van der Waals surface area contributed by atoms with Crippen molar-refractivity contribution in [3.63, 3.8) is 0 Å². The van der Waals surface area contributed by atoms with Crippen LogP contribution >= 0.6 is 11.3 Å². The van der Waals surface area contributed by atoms with Gasteiger partial charge in [-0.1, -0.05) is 6.07 Å². The zero-order valence-corrected chi connectivity index (χ0v) is 15.0. The maximum atomic E-state index is 12.7. The molecule has 1 fully saturated rings. The molecule has 1 aromatic heterocycles. The molecule has 136 valence electrons. The second-order valence-corrected chi connectivity index (χ2v) is 6.99. The number of anilines is 1. The van der Waals surface area contributed by atoms with E-state index in [9.17, 15) is 19.7 Å². The van der Waals surface area contributed by atoms with Crippen LogP contribution in [0.2, 0.25) is 0 Å². The van der Waals surface area contributed by atoms with Gasteiger partial charge in [-0.05, 0) is 25.8 Å². The van der Waals surface area contributed by atoms with Crippen molar-refractivity contribution < 1.29 is 14.5 Å². The number of thiazole rings is 1. The van der Waals surface area contributed by atoms with E-state index in [2.05, 4.69) is 10.3 Å². The van der Waals surface area contributed by atoms with Crippen LogP contribution in [0.25, 0.3) is 0 Å². The molecular formula is C17H18N4O4S. The highest BCUT2D eigenvalue weighted by atomic mass is 32.1. The van der Waals surface area contributed by atoms with Crippen LogP contribution in [0.15, 0.2) is 29.8 Å². The van der Waals surface area contributed by atoms with E-state index in [0.717, 1.165) is 0 Å². The third-order valence-electron chi connectivity index (χ3n) is 4.55. The first-order valence-electron chi connectivity index (χ1n) is 8.21. The molecule has 0 spiro atoms. The summed E-state index contributed by atoms with van der Waals surface area (Å²) in [5.41, 5.74) is 0.643. The normalized spacial score (nSPS) is 14.9. The van der Waals surface area contributed by atoms with Gasteiger partial charge in [0.25, 0.3) is 11.6 Å². The van der Waals surface area contributed by atoms with E-state index in [1.54, 1.807) is 29.5 Å². The van der Waals surface area contributed by atoms with E-state index in [1.807, 2.05) is 0 Å². The minimum Gasteiger partial charge on any atom is -0.339 e. The highest BCUT2D eigenvalue weighted by Crippen LogP contribution is 2.25. The Morgan fingerprint density at radius 2 is 2.08 bits per heavy atom. The predicted molar refractivity (Wildman–Crippen MR) is 97.2 cm³/mol. The van der Waals surface area contributed by atoms with Gasteiger partial charge >= 0.3 is 0 Å². The molecule has 1 saturated heterocycles. The molecule has 1 aromatic carbocycles. The summed E-state index contributed by atoms with van der Waals surface area (Å²) < 4.78 is 0. The fourth-order valence-corrected chi connectivity index (χ4v) is 3.59. The number of nitrogens with one attached hydrogen (secondary N) is 1. The lowest BCUT2D eigenvalue weighted by molar-refractivity contribution is -0.385. The molecule has 0 atom stereocenters. The lowest BCUT2D eigenvalue weighted by Gasteiger charge is -2.31. The largest absolute Gasteiger partial charge is 0.339 e. The van der Waals surface area contributed by atoms with Gasteiger partial charge in [0.05, 0.1) is 4.92 Å². The smallest absolute Gasteiger partial charge is 0.273 e. The summed E-state index contributed by atoms with van der Waals surface area (Å²) >= 11 is 1.36. The van der Waals surface area contributed by atoms with Crippen LogP contribution < -0.4 is 5.32 Å². The molecule has 8 nitrogen and oxygen atoms in total. The van der Waals surface area contributed by atoms with Crippen LogP contribution in [0.4, 0.5) is 10.8 Å². The van der Waals surface area contributed by atoms with Gasteiger partial charge in [0.2, 0.25) is 5.91 Å². The summed E-state index contributed by atoms with van der Waals surface area (Å²) in [6, 6.07) is 4.51. The zero-order chi connectivity index (χ0) is 18.7. The van der Waals surface area contributed by atoms with Crippen molar-refractivity contribution in [1.82, 2.24) is 9.88 Å². The Labute approximate surface area is 154 Å². The number of nitrogens with zero attached hydrogens (tertiary/aromatic N) is 3. The minimum atomic E-state index is -0.485. The van der Waals surface area contributed by atoms with Crippen molar-refractivity contribution in [3.8, 4) is 0 Å². The molecule has 2 amide bonds. The highest BCUT2D eigenvalue weighted by Gasteiger charge is 2.29. The van der Waals surface area contributed by atoms with Gasteiger partial charge in [-0.25, -0.2) is 4.98 Å². The molecule has 0 bridgehead atoms.